The number of rotatable bonds is 48. The lowest BCUT2D eigenvalue weighted by Crippen LogP contribution is -2.30. The minimum Gasteiger partial charge on any atom is -0.462 e. The third-order valence-corrected chi connectivity index (χ3v) is 11.1. The first-order chi connectivity index (χ1) is 34.5. The van der Waals surface area contributed by atoms with Gasteiger partial charge in [-0.05, 0) is 122 Å². The third-order valence-electron chi connectivity index (χ3n) is 11.1. The van der Waals surface area contributed by atoms with E-state index < -0.39 is 6.10 Å². The minimum absolute atomic E-state index is 0.102. The molecule has 0 N–H and O–H groups in total. The molecule has 1 atom stereocenters. The zero-order valence-corrected chi connectivity index (χ0v) is 44.7. The van der Waals surface area contributed by atoms with Gasteiger partial charge < -0.3 is 14.2 Å². The van der Waals surface area contributed by atoms with Gasteiger partial charge in [-0.25, -0.2) is 0 Å². The number of carbonyl (C=O) groups excluding carboxylic acids is 3. The van der Waals surface area contributed by atoms with Crippen LogP contribution in [0.2, 0.25) is 0 Å². The molecule has 0 aliphatic rings. The Balaban J connectivity index is 4.28. The Morgan fingerprint density at radius 2 is 0.557 bits per heavy atom. The number of allylic oxidation sites excluding steroid dienone is 24. The average Bonchev–Trinajstić information content (AvgIpc) is 3.36. The summed E-state index contributed by atoms with van der Waals surface area (Å²) in [6.45, 7) is 6.28. The van der Waals surface area contributed by atoms with E-state index in [0.717, 1.165) is 161 Å². The molecule has 6 heteroatoms. The summed E-state index contributed by atoms with van der Waals surface area (Å²) < 4.78 is 16.7. The lowest BCUT2D eigenvalue weighted by Gasteiger charge is -2.18. The normalized spacial score (nSPS) is 13.2. The van der Waals surface area contributed by atoms with Gasteiger partial charge in [0.25, 0.3) is 0 Å². The fourth-order valence-corrected chi connectivity index (χ4v) is 6.98. The highest BCUT2D eigenvalue weighted by atomic mass is 16.6. The second-order valence-corrected chi connectivity index (χ2v) is 17.7. The second-order valence-electron chi connectivity index (χ2n) is 17.7. The van der Waals surface area contributed by atoms with Crippen molar-refractivity contribution in [3.8, 4) is 0 Å². The van der Waals surface area contributed by atoms with Crippen molar-refractivity contribution in [2.75, 3.05) is 13.2 Å². The molecule has 0 aliphatic heterocycles. The molecule has 0 aromatic carbocycles. The number of hydrogen-bond donors (Lipinski definition) is 0. The molecule has 0 radical (unpaired) electrons. The van der Waals surface area contributed by atoms with Gasteiger partial charge in [0.1, 0.15) is 13.2 Å². The molecule has 0 rings (SSSR count). The van der Waals surface area contributed by atoms with E-state index in [1.165, 1.54) is 19.3 Å². The highest BCUT2D eigenvalue weighted by Gasteiger charge is 2.19. The maximum atomic E-state index is 12.8. The monoisotopic (exact) mass is 965 g/mol. The van der Waals surface area contributed by atoms with Gasteiger partial charge >= 0.3 is 17.9 Å². The highest BCUT2D eigenvalue weighted by Crippen LogP contribution is 2.12. The predicted molar refractivity (Wildman–Crippen MR) is 302 cm³/mol. The van der Waals surface area contributed by atoms with E-state index >= 15 is 0 Å². The largest absolute Gasteiger partial charge is 0.462 e. The second kappa shape index (κ2) is 56.9. The lowest BCUT2D eigenvalue weighted by molar-refractivity contribution is -0.167. The summed E-state index contributed by atoms with van der Waals surface area (Å²) >= 11 is 0. The quantitative estimate of drug-likeness (QED) is 0.0262. The van der Waals surface area contributed by atoms with Gasteiger partial charge in [0, 0.05) is 19.3 Å². The molecule has 0 bridgehead atoms. The van der Waals surface area contributed by atoms with Crippen molar-refractivity contribution in [1.29, 1.82) is 0 Å². The van der Waals surface area contributed by atoms with Crippen LogP contribution >= 0.6 is 0 Å². The Morgan fingerprint density at radius 3 is 0.871 bits per heavy atom. The summed E-state index contributed by atoms with van der Waals surface area (Å²) in [5.74, 6) is -0.972. The first-order valence-electron chi connectivity index (χ1n) is 27.8. The third kappa shape index (κ3) is 54.2. The molecule has 0 aromatic rings. The molecule has 0 spiro atoms. The van der Waals surface area contributed by atoms with Gasteiger partial charge in [0.2, 0.25) is 0 Å². The van der Waals surface area contributed by atoms with Gasteiger partial charge in [0.05, 0.1) is 0 Å². The zero-order chi connectivity index (χ0) is 50.7. The van der Waals surface area contributed by atoms with Crippen LogP contribution in [0.4, 0.5) is 0 Å². The van der Waals surface area contributed by atoms with Crippen LogP contribution in [-0.2, 0) is 28.6 Å². The van der Waals surface area contributed by atoms with Crippen LogP contribution in [0.5, 0.6) is 0 Å². The van der Waals surface area contributed by atoms with Crippen molar-refractivity contribution in [3.63, 3.8) is 0 Å². The molecule has 1 unspecified atom stereocenters. The summed E-state index contributed by atoms with van der Waals surface area (Å²) in [6, 6.07) is 0. The smallest absolute Gasteiger partial charge is 0.306 e. The Labute approximate surface area is 429 Å². The molecule has 0 saturated carbocycles. The molecule has 0 aromatic heterocycles. The topological polar surface area (TPSA) is 78.9 Å². The average molecular weight is 965 g/mol. The Morgan fingerprint density at radius 1 is 0.300 bits per heavy atom. The molecular formula is C64H100O6. The fraction of sp³-hybridized carbons (Fsp3) is 0.578. The van der Waals surface area contributed by atoms with E-state index in [0.29, 0.717) is 12.8 Å². The molecule has 0 aliphatic carbocycles. The molecule has 6 nitrogen and oxygen atoms in total. The number of ether oxygens (including phenoxy) is 3. The molecule has 0 heterocycles. The van der Waals surface area contributed by atoms with Crippen LogP contribution in [0.15, 0.2) is 146 Å². The minimum atomic E-state index is -0.804. The Bertz CT molecular complexity index is 1580. The maximum absolute atomic E-state index is 12.8. The van der Waals surface area contributed by atoms with Crippen LogP contribution in [0.3, 0.4) is 0 Å². The van der Waals surface area contributed by atoms with Crippen molar-refractivity contribution >= 4 is 17.9 Å². The first kappa shape index (κ1) is 65.3. The summed E-state index contributed by atoms with van der Waals surface area (Å²) in [7, 11) is 0. The van der Waals surface area contributed by atoms with Crippen LogP contribution < -0.4 is 0 Å². The molecule has 0 fully saturated rings. The SMILES string of the molecule is CC/C=C\C/C=C\C/C=C\C/C=C\C/C=C\C/C=C\C/C=C\C/C=C\CCCCCCC(=O)OCC(COC(=O)CCCCCCCC)OC(=O)CCCCCC/C=C\C/C=C\C/C=C\C/C=C\CC. The van der Waals surface area contributed by atoms with Crippen LogP contribution in [0, 0.1) is 0 Å². The van der Waals surface area contributed by atoms with E-state index in [2.05, 4.69) is 167 Å². The number of carbonyl (C=O) groups is 3. The van der Waals surface area contributed by atoms with Crippen molar-refractivity contribution in [1.82, 2.24) is 0 Å². The summed E-state index contributed by atoms with van der Waals surface area (Å²) in [5, 5.41) is 0. The van der Waals surface area contributed by atoms with Crippen LogP contribution in [0.1, 0.15) is 220 Å². The lowest BCUT2D eigenvalue weighted by atomic mass is 10.1. The molecule has 0 amide bonds. The van der Waals surface area contributed by atoms with Crippen LogP contribution in [0.25, 0.3) is 0 Å². The number of esters is 3. The molecule has 0 saturated heterocycles. The van der Waals surface area contributed by atoms with Gasteiger partial charge in [-0.15, -0.1) is 0 Å². The van der Waals surface area contributed by atoms with E-state index in [1.807, 2.05) is 0 Å². The van der Waals surface area contributed by atoms with Gasteiger partial charge in [0.15, 0.2) is 6.10 Å². The van der Waals surface area contributed by atoms with Crippen molar-refractivity contribution in [2.24, 2.45) is 0 Å². The van der Waals surface area contributed by atoms with Crippen LogP contribution in [-0.4, -0.2) is 37.2 Å². The summed E-state index contributed by atoms with van der Waals surface area (Å²) in [6.07, 6.45) is 81.5. The summed E-state index contributed by atoms with van der Waals surface area (Å²) in [5.41, 5.74) is 0. The van der Waals surface area contributed by atoms with Crippen molar-refractivity contribution < 1.29 is 28.6 Å². The number of hydrogen-bond acceptors (Lipinski definition) is 6. The first-order valence-corrected chi connectivity index (χ1v) is 27.8. The van der Waals surface area contributed by atoms with E-state index in [1.54, 1.807) is 0 Å². The Kier molecular flexibility index (Phi) is 53.0. The van der Waals surface area contributed by atoms with Gasteiger partial charge in [-0.2, -0.15) is 0 Å². The Hall–Kier alpha value is -4.71. The van der Waals surface area contributed by atoms with Crippen molar-refractivity contribution in [3.05, 3.63) is 146 Å². The standard InChI is InChI=1S/C64H100O6/c1-4-7-10-13-16-18-20-22-24-26-27-28-29-30-31-32-33-34-35-36-37-39-40-42-44-46-48-51-54-57-63(66)69-60-61(59-68-62(65)56-53-50-15-12-9-6-3)70-64(67)58-55-52-49-47-45-43-41-38-25-23-21-19-17-14-11-8-5-2/h7-8,10-11,16-19,22-25,27-28,30-31,33-34,36-37,40-43,61H,4-6,9,12-15,20-21,26,29,32,35,38-39,44-60H2,1-3H3/b10-7-,11-8-,18-16-,19-17-,24-22-,25-23-,28-27-,31-30-,34-33-,37-36-,42-40-,43-41-. The van der Waals surface area contributed by atoms with Gasteiger partial charge in [-0.1, -0.05) is 224 Å². The maximum Gasteiger partial charge on any atom is 0.306 e. The van der Waals surface area contributed by atoms with E-state index in [4.69, 9.17) is 14.2 Å². The molecular weight excluding hydrogens is 865 g/mol. The zero-order valence-electron chi connectivity index (χ0n) is 44.7. The fourth-order valence-electron chi connectivity index (χ4n) is 6.98. The number of unbranched alkanes of at least 4 members (excludes halogenated alkanes) is 13. The molecule has 70 heavy (non-hydrogen) atoms. The summed E-state index contributed by atoms with van der Waals surface area (Å²) in [4.78, 5) is 37.8. The van der Waals surface area contributed by atoms with Crippen molar-refractivity contribution in [2.45, 2.75) is 226 Å². The highest BCUT2D eigenvalue weighted by molar-refractivity contribution is 5.71. The predicted octanol–water partition coefficient (Wildman–Crippen LogP) is 18.8. The van der Waals surface area contributed by atoms with E-state index in [-0.39, 0.29) is 37.5 Å². The molecule has 392 valence electrons. The van der Waals surface area contributed by atoms with E-state index in [9.17, 15) is 14.4 Å². The van der Waals surface area contributed by atoms with Gasteiger partial charge in [-0.3, -0.25) is 14.4 Å².